The van der Waals surface area contributed by atoms with Crippen molar-refractivity contribution >= 4 is 21.6 Å². The third kappa shape index (κ3) is 2.79. The smallest absolute Gasteiger partial charge is 0.260 e. The van der Waals surface area contributed by atoms with Crippen LogP contribution in [0.1, 0.15) is 18.7 Å². The predicted octanol–water partition coefficient (Wildman–Crippen LogP) is 2.80. The van der Waals surface area contributed by atoms with E-state index in [1.54, 1.807) is 0 Å². The van der Waals surface area contributed by atoms with Crippen molar-refractivity contribution in [3.05, 3.63) is 28.5 Å². The van der Waals surface area contributed by atoms with E-state index in [1.165, 1.54) is 0 Å². The van der Waals surface area contributed by atoms with Gasteiger partial charge < -0.3 is 15.0 Å². The van der Waals surface area contributed by atoms with Gasteiger partial charge in [-0.05, 0) is 31.0 Å². The molecule has 1 unspecified atom stereocenters. The second-order valence-corrected chi connectivity index (χ2v) is 5.50. The number of hydrogen-bond acceptors (Lipinski definition) is 5. The van der Waals surface area contributed by atoms with Crippen molar-refractivity contribution in [2.45, 2.75) is 25.4 Å². The molecule has 2 heterocycles. The normalized spacial score (nSPS) is 18.9. The third-order valence-electron chi connectivity index (χ3n) is 3.15. The lowest BCUT2D eigenvalue weighted by molar-refractivity contribution is 0.109. The molecule has 0 amide bonds. The molecule has 1 fully saturated rings. The van der Waals surface area contributed by atoms with Crippen molar-refractivity contribution in [1.29, 1.82) is 0 Å². The van der Waals surface area contributed by atoms with E-state index >= 15 is 0 Å². The molecular weight excluding hydrogens is 310 g/mol. The Morgan fingerprint density at radius 3 is 3.11 bits per heavy atom. The monoisotopic (exact) mass is 323 g/mol. The van der Waals surface area contributed by atoms with Crippen molar-refractivity contribution in [3.63, 3.8) is 0 Å². The number of benzene rings is 1. The highest BCUT2D eigenvalue weighted by molar-refractivity contribution is 9.10. The minimum absolute atomic E-state index is 0.213. The fraction of sp³-hybridized carbons (Fsp3) is 0.385. The highest BCUT2D eigenvalue weighted by Gasteiger charge is 2.20. The SMILES string of the molecule is Nc1ccc(Br)cc1-c1nc(CC2CCCO2)no1. The Labute approximate surface area is 119 Å². The molecule has 0 bridgehead atoms. The number of halogens is 1. The molecule has 0 radical (unpaired) electrons. The molecular formula is C13H14BrN3O2. The van der Waals surface area contributed by atoms with Gasteiger partial charge in [0.15, 0.2) is 5.82 Å². The number of rotatable bonds is 3. The van der Waals surface area contributed by atoms with E-state index in [4.69, 9.17) is 15.0 Å². The predicted molar refractivity (Wildman–Crippen MR) is 74.5 cm³/mol. The minimum Gasteiger partial charge on any atom is -0.398 e. The van der Waals surface area contributed by atoms with Crippen LogP contribution in [0.2, 0.25) is 0 Å². The lowest BCUT2D eigenvalue weighted by Gasteiger charge is -2.04. The molecule has 1 aliphatic rings. The van der Waals surface area contributed by atoms with E-state index in [2.05, 4.69) is 26.1 Å². The maximum absolute atomic E-state index is 5.92. The average molecular weight is 324 g/mol. The Balaban J connectivity index is 1.82. The van der Waals surface area contributed by atoms with Gasteiger partial charge in [-0.2, -0.15) is 4.98 Å². The summed E-state index contributed by atoms with van der Waals surface area (Å²) < 4.78 is 11.8. The summed E-state index contributed by atoms with van der Waals surface area (Å²) in [5.74, 6) is 1.12. The highest BCUT2D eigenvalue weighted by Crippen LogP contribution is 2.28. The van der Waals surface area contributed by atoms with Crippen LogP contribution >= 0.6 is 15.9 Å². The fourth-order valence-electron chi connectivity index (χ4n) is 2.17. The molecule has 3 rings (SSSR count). The topological polar surface area (TPSA) is 74.2 Å². The Hall–Kier alpha value is -1.40. The second kappa shape index (κ2) is 5.30. The molecule has 0 aliphatic carbocycles. The first-order chi connectivity index (χ1) is 9.22. The Morgan fingerprint density at radius 2 is 2.32 bits per heavy atom. The van der Waals surface area contributed by atoms with Crippen molar-refractivity contribution in [2.24, 2.45) is 0 Å². The quantitative estimate of drug-likeness (QED) is 0.879. The van der Waals surface area contributed by atoms with Crippen LogP contribution in [0.15, 0.2) is 27.2 Å². The summed E-state index contributed by atoms with van der Waals surface area (Å²) in [6, 6.07) is 5.56. The van der Waals surface area contributed by atoms with Gasteiger partial charge in [0.1, 0.15) is 0 Å². The first-order valence-electron chi connectivity index (χ1n) is 6.22. The molecule has 100 valence electrons. The molecule has 1 aliphatic heterocycles. The lowest BCUT2D eigenvalue weighted by atomic mass is 10.1. The molecule has 0 saturated carbocycles. The Morgan fingerprint density at radius 1 is 1.42 bits per heavy atom. The zero-order valence-electron chi connectivity index (χ0n) is 10.3. The lowest BCUT2D eigenvalue weighted by Crippen LogP contribution is -2.09. The largest absolute Gasteiger partial charge is 0.398 e. The summed E-state index contributed by atoms with van der Waals surface area (Å²) in [7, 11) is 0. The van der Waals surface area contributed by atoms with Gasteiger partial charge >= 0.3 is 0 Å². The maximum Gasteiger partial charge on any atom is 0.260 e. The zero-order chi connectivity index (χ0) is 13.2. The standard InChI is InChI=1S/C13H14BrN3O2/c14-8-3-4-11(15)10(6-8)13-16-12(17-19-13)7-9-2-1-5-18-9/h3-4,6,9H,1-2,5,7,15H2. The first kappa shape index (κ1) is 12.6. The molecule has 2 N–H and O–H groups in total. The molecule has 19 heavy (non-hydrogen) atoms. The summed E-state index contributed by atoms with van der Waals surface area (Å²) in [6.07, 6.45) is 3.07. The van der Waals surface area contributed by atoms with E-state index in [0.717, 1.165) is 29.5 Å². The molecule has 0 spiro atoms. The Bertz CT molecular complexity index is 579. The highest BCUT2D eigenvalue weighted by atomic mass is 79.9. The van der Waals surface area contributed by atoms with Crippen molar-refractivity contribution < 1.29 is 9.26 Å². The van der Waals surface area contributed by atoms with Gasteiger partial charge in [0.2, 0.25) is 0 Å². The van der Waals surface area contributed by atoms with Gasteiger partial charge in [-0.3, -0.25) is 0 Å². The third-order valence-corrected chi connectivity index (χ3v) is 3.64. The summed E-state index contributed by atoms with van der Waals surface area (Å²) in [5.41, 5.74) is 7.29. The molecule has 1 aromatic carbocycles. The van der Waals surface area contributed by atoms with Crippen molar-refractivity contribution in [3.8, 4) is 11.5 Å². The summed E-state index contributed by atoms with van der Waals surface area (Å²) in [6.45, 7) is 0.827. The van der Waals surface area contributed by atoms with Gasteiger partial charge in [-0.15, -0.1) is 0 Å². The van der Waals surface area contributed by atoms with Gasteiger partial charge in [0.05, 0.1) is 11.7 Å². The summed E-state index contributed by atoms with van der Waals surface area (Å²) >= 11 is 3.41. The van der Waals surface area contributed by atoms with Gasteiger partial charge in [0, 0.05) is 23.2 Å². The number of nitrogens with zero attached hydrogens (tertiary/aromatic N) is 2. The van der Waals surface area contributed by atoms with Crippen LogP contribution < -0.4 is 5.73 Å². The van der Waals surface area contributed by atoms with Gasteiger partial charge in [-0.1, -0.05) is 21.1 Å². The first-order valence-corrected chi connectivity index (χ1v) is 7.01. The van der Waals surface area contributed by atoms with Crippen LogP contribution in [0.3, 0.4) is 0 Å². The van der Waals surface area contributed by atoms with Crippen molar-refractivity contribution in [1.82, 2.24) is 10.1 Å². The number of nitrogen functional groups attached to an aromatic ring is 1. The number of ether oxygens (including phenoxy) is 1. The van der Waals surface area contributed by atoms with E-state index in [0.29, 0.717) is 23.8 Å². The van der Waals surface area contributed by atoms with E-state index in [9.17, 15) is 0 Å². The summed E-state index contributed by atoms with van der Waals surface area (Å²) in [4.78, 5) is 4.39. The number of hydrogen-bond donors (Lipinski definition) is 1. The van der Waals surface area contributed by atoms with Crippen LogP contribution in [-0.2, 0) is 11.2 Å². The molecule has 2 aromatic rings. The molecule has 1 aromatic heterocycles. The van der Waals surface area contributed by atoms with Crippen LogP contribution in [0.5, 0.6) is 0 Å². The minimum atomic E-state index is 0.213. The Kier molecular flexibility index (Phi) is 3.52. The number of anilines is 1. The fourth-order valence-corrected chi connectivity index (χ4v) is 2.53. The van der Waals surface area contributed by atoms with Crippen molar-refractivity contribution in [2.75, 3.05) is 12.3 Å². The van der Waals surface area contributed by atoms with E-state index in [-0.39, 0.29) is 6.10 Å². The molecule has 1 saturated heterocycles. The maximum atomic E-state index is 5.92. The van der Waals surface area contributed by atoms with Gasteiger partial charge in [-0.25, -0.2) is 0 Å². The molecule has 5 nitrogen and oxygen atoms in total. The average Bonchev–Trinajstić information content (AvgIpc) is 3.04. The molecule has 1 atom stereocenters. The zero-order valence-corrected chi connectivity index (χ0v) is 11.9. The van der Waals surface area contributed by atoms with Crippen LogP contribution in [0, 0.1) is 0 Å². The molecule has 6 heteroatoms. The van der Waals surface area contributed by atoms with Gasteiger partial charge in [0.25, 0.3) is 5.89 Å². The van der Waals surface area contributed by atoms with E-state index in [1.807, 2.05) is 18.2 Å². The van der Waals surface area contributed by atoms with Crippen LogP contribution in [0.25, 0.3) is 11.5 Å². The van der Waals surface area contributed by atoms with Crippen LogP contribution in [0.4, 0.5) is 5.69 Å². The van der Waals surface area contributed by atoms with Crippen LogP contribution in [-0.4, -0.2) is 22.9 Å². The van der Waals surface area contributed by atoms with E-state index < -0.39 is 0 Å². The second-order valence-electron chi connectivity index (χ2n) is 4.59. The number of aromatic nitrogens is 2. The number of nitrogens with two attached hydrogens (primary N) is 1. The summed E-state index contributed by atoms with van der Waals surface area (Å²) in [5, 5.41) is 3.99.